The van der Waals surface area contributed by atoms with Crippen molar-refractivity contribution in [2.75, 3.05) is 7.05 Å². The second kappa shape index (κ2) is 6.14. The predicted octanol–water partition coefficient (Wildman–Crippen LogP) is 2.52. The lowest BCUT2D eigenvalue weighted by molar-refractivity contribution is 0.470. The molecule has 0 aliphatic rings. The van der Waals surface area contributed by atoms with E-state index in [2.05, 4.69) is 15.9 Å². The Kier molecular flexibility index (Phi) is 4.45. The zero-order valence-electron chi connectivity index (χ0n) is 13.4. The average molecular weight is 430 g/mol. The minimum absolute atomic E-state index is 0.175. The number of imidazole rings is 1. The van der Waals surface area contributed by atoms with Crippen molar-refractivity contribution in [1.82, 2.24) is 13.4 Å². The second-order valence-electron chi connectivity index (χ2n) is 5.52. The molecule has 2 heterocycles. The van der Waals surface area contributed by atoms with Crippen LogP contribution in [0, 0.1) is 0 Å². The van der Waals surface area contributed by atoms with Crippen LogP contribution in [-0.4, -0.2) is 28.9 Å². The van der Waals surface area contributed by atoms with Crippen LogP contribution in [-0.2, 0) is 30.7 Å². The van der Waals surface area contributed by atoms with E-state index in [1.807, 2.05) is 12.1 Å². The highest BCUT2D eigenvalue weighted by Gasteiger charge is 2.23. The van der Waals surface area contributed by atoms with Gasteiger partial charge in [-0.3, -0.25) is 9.13 Å². The van der Waals surface area contributed by atoms with Crippen molar-refractivity contribution in [3.8, 4) is 0 Å². The fourth-order valence-corrected chi connectivity index (χ4v) is 5.36. The summed E-state index contributed by atoms with van der Waals surface area (Å²) in [5.41, 5.74) is 1.11. The molecule has 24 heavy (non-hydrogen) atoms. The van der Waals surface area contributed by atoms with Crippen LogP contribution in [0.5, 0.6) is 0 Å². The van der Waals surface area contributed by atoms with E-state index in [9.17, 15) is 13.2 Å². The molecule has 9 heteroatoms. The summed E-state index contributed by atoms with van der Waals surface area (Å²) in [6.45, 7) is 0.296. The van der Waals surface area contributed by atoms with Gasteiger partial charge < -0.3 is 0 Å². The van der Waals surface area contributed by atoms with Gasteiger partial charge in [0.25, 0.3) is 0 Å². The maximum absolute atomic E-state index is 12.8. The molecule has 0 bridgehead atoms. The summed E-state index contributed by atoms with van der Waals surface area (Å²) in [5.74, 6) is 0. The first-order valence-electron chi connectivity index (χ1n) is 7.08. The lowest BCUT2D eigenvalue weighted by Gasteiger charge is -2.16. The molecule has 0 unspecified atom stereocenters. The first-order valence-corrected chi connectivity index (χ1v) is 10.1. The summed E-state index contributed by atoms with van der Waals surface area (Å²) in [5, 5.41) is 0. The maximum atomic E-state index is 12.8. The van der Waals surface area contributed by atoms with E-state index in [1.165, 1.54) is 30.8 Å². The molecule has 0 spiro atoms. The van der Waals surface area contributed by atoms with Crippen LogP contribution in [0.4, 0.5) is 0 Å². The molecular weight excluding hydrogens is 414 g/mol. The SMILES string of the molecule is CN(Cc1ccc(Br)s1)S(=O)(=O)c1ccc2c(c1)n(C)c(=O)n2C. The highest BCUT2D eigenvalue weighted by atomic mass is 79.9. The van der Waals surface area contributed by atoms with Crippen molar-refractivity contribution >= 4 is 48.3 Å². The number of nitrogens with zero attached hydrogens (tertiary/aromatic N) is 3. The number of rotatable bonds is 4. The zero-order valence-corrected chi connectivity index (χ0v) is 16.6. The number of aryl methyl sites for hydroxylation is 2. The Hall–Kier alpha value is -1.42. The van der Waals surface area contributed by atoms with Gasteiger partial charge in [-0.15, -0.1) is 11.3 Å². The molecule has 0 atom stereocenters. The molecule has 0 saturated carbocycles. The molecule has 0 aliphatic heterocycles. The van der Waals surface area contributed by atoms with Crippen molar-refractivity contribution in [2.45, 2.75) is 11.4 Å². The van der Waals surface area contributed by atoms with Crippen LogP contribution in [0.2, 0.25) is 0 Å². The number of aromatic nitrogens is 2. The maximum Gasteiger partial charge on any atom is 0.328 e. The van der Waals surface area contributed by atoms with Crippen molar-refractivity contribution in [3.05, 3.63) is 49.5 Å². The van der Waals surface area contributed by atoms with Crippen LogP contribution in [0.15, 0.2) is 43.8 Å². The number of sulfonamides is 1. The first-order chi connectivity index (χ1) is 11.2. The van der Waals surface area contributed by atoms with E-state index in [0.717, 1.165) is 8.66 Å². The molecule has 0 aliphatic carbocycles. The van der Waals surface area contributed by atoms with Crippen LogP contribution in [0.3, 0.4) is 0 Å². The predicted molar refractivity (Wildman–Crippen MR) is 98.8 cm³/mol. The van der Waals surface area contributed by atoms with Crippen molar-refractivity contribution in [3.63, 3.8) is 0 Å². The van der Waals surface area contributed by atoms with Crippen LogP contribution >= 0.6 is 27.3 Å². The van der Waals surface area contributed by atoms with Gasteiger partial charge in [-0.05, 0) is 46.3 Å². The summed E-state index contributed by atoms with van der Waals surface area (Å²) < 4.78 is 30.9. The Balaban J connectivity index is 2.01. The fourth-order valence-electron chi connectivity index (χ4n) is 2.57. The molecule has 6 nitrogen and oxygen atoms in total. The highest BCUT2D eigenvalue weighted by molar-refractivity contribution is 9.11. The van der Waals surface area contributed by atoms with E-state index >= 15 is 0 Å². The van der Waals surface area contributed by atoms with E-state index in [4.69, 9.17) is 0 Å². The number of thiophene rings is 1. The largest absolute Gasteiger partial charge is 0.328 e. The van der Waals surface area contributed by atoms with E-state index < -0.39 is 10.0 Å². The third-order valence-electron chi connectivity index (χ3n) is 3.96. The molecule has 0 fully saturated rings. The van der Waals surface area contributed by atoms with Crippen molar-refractivity contribution < 1.29 is 8.42 Å². The van der Waals surface area contributed by atoms with Crippen LogP contribution in [0.1, 0.15) is 4.88 Å². The van der Waals surface area contributed by atoms with Gasteiger partial charge in [0.2, 0.25) is 10.0 Å². The van der Waals surface area contributed by atoms with Gasteiger partial charge in [0.05, 0.1) is 19.7 Å². The fraction of sp³-hybridized carbons (Fsp3) is 0.267. The lowest BCUT2D eigenvalue weighted by atomic mass is 10.3. The van der Waals surface area contributed by atoms with Gasteiger partial charge in [0.1, 0.15) is 0 Å². The summed E-state index contributed by atoms with van der Waals surface area (Å²) in [7, 11) is 1.21. The Bertz CT molecular complexity index is 1080. The summed E-state index contributed by atoms with van der Waals surface area (Å²) in [6.07, 6.45) is 0. The minimum Gasteiger partial charge on any atom is -0.295 e. The summed E-state index contributed by atoms with van der Waals surface area (Å²) >= 11 is 4.88. The second-order valence-corrected chi connectivity index (χ2v) is 10.1. The molecule has 0 saturated heterocycles. The molecule has 128 valence electrons. The molecular formula is C15H16BrN3O3S2. The van der Waals surface area contributed by atoms with Gasteiger partial charge in [0, 0.05) is 32.6 Å². The number of hydrogen-bond acceptors (Lipinski definition) is 4. The van der Waals surface area contributed by atoms with Gasteiger partial charge in [-0.25, -0.2) is 13.2 Å². The molecule has 3 aromatic rings. The Morgan fingerprint density at radius 2 is 1.79 bits per heavy atom. The first kappa shape index (κ1) is 17.4. The van der Waals surface area contributed by atoms with Crippen LogP contribution < -0.4 is 5.69 Å². The molecule has 0 N–H and O–H groups in total. The Morgan fingerprint density at radius 1 is 1.12 bits per heavy atom. The number of fused-ring (bicyclic) bond motifs is 1. The molecule has 2 aromatic heterocycles. The standard InChI is InChI=1S/C15H16BrN3O3S2/c1-17(9-10-4-7-14(16)23-10)24(21,22)11-5-6-12-13(8-11)19(3)15(20)18(12)2/h4-8H,9H2,1-3H3. The smallest absolute Gasteiger partial charge is 0.295 e. The van der Waals surface area contributed by atoms with Gasteiger partial charge in [0.15, 0.2) is 0 Å². The van der Waals surface area contributed by atoms with E-state index in [1.54, 1.807) is 33.3 Å². The summed E-state index contributed by atoms with van der Waals surface area (Å²) in [4.78, 5) is 13.1. The third kappa shape index (κ3) is 2.85. The highest BCUT2D eigenvalue weighted by Crippen LogP contribution is 2.26. The van der Waals surface area contributed by atoms with Gasteiger partial charge >= 0.3 is 5.69 Å². The lowest BCUT2D eigenvalue weighted by Crippen LogP contribution is -2.26. The molecule has 0 radical (unpaired) electrons. The molecule has 1 aromatic carbocycles. The van der Waals surface area contributed by atoms with Crippen molar-refractivity contribution in [2.24, 2.45) is 14.1 Å². The van der Waals surface area contributed by atoms with Crippen molar-refractivity contribution in [1.29, 1.82) is 0 Å². The zero-order chi connectivity index (χ0) is 17.6. The number of hydrogen-bond donors (Lipinski definition) is 0. The molecule has 0 amide bonds. The summed E-state index contributed by atoms with van der Waals surface area (Å²) in [6, 6.07) is 8.54. The molecule has 3 rings (SSSR count). The average Bonchev–Trinajstić information content (AvgIpc) is 3.04. The van der Waals surface area contributed by atoms with E-state index in [0.29, 0.717) is 17.6 Å². The number of benzene rings is 1. The Labute approximate surface area is 152 Å². The normalized spacial score (nSPS) is 12.4. The quantitative estimate of drug-likeness (QED) is 0.639. The topological polar surface area (TPSA) is 64.3 Å². The monoisotopic (exact) mass is 429 g/mol. The number of halogens is 1. The Morgan fingerprint density at radius 3 is 2.42 bits per heavy atom. The van der Waals surface area contributed by atoms with Gasteiger partial charge in [-0.1, -0.05) is 0 Å². The van der Waals surface area contributed by atoms with Gasteiger partial charge in [-0.2, -0.15) is 4.31 Å². The van der Waals surface area contributed by atoms with E-state index in [-0.39, 0.29) is 10.6 Å². The third-order valence-corrected chi connectivity index (χ3v) is 7.37. The minimum atomic E-state index is -3.64. The van der Waals surface area contributed by atoms with Crippen LogP contribution in [0.25, 0.3) is 11.0 Å².